The number of likely N-dealkylation sites (N-methyl/N-ethyl adjacent to an activating group) is 1. The van der Waals surface area contributed by atoms with Crippen LogP contribution in [0.5, 0.6) is 0 Å². The number of hydrogen-bond acceptors (Lipinski definition) is 5. The molecule has 2 amide bonds. The number of carbonyl (C=O) groups is 2. The van der Waals surface area contributed by atoms with Gasteiger partial charge in [0.05, 0.1) is 17.9 Å². The number of nitrogens with one attached hydrogen (secondary N) is 1. The molecule has 174 valence electrons. The van der Waals surface area contributed by atoms with Crippen LogP contribution in [0.4, 0.5) is 24.5 Å². The minimum Gasteiger partial charge on any atom is -0.370 e. The van der Waals surface area contributed by atoms with Gasteiger partial charge in [0.2, 0.25) is 5.91 Å². The van der Waals surface area contributed by atoms with Crippen molar-refractivity contribution in [3.63, 3.8) is 0 Å². The highest BCUT2D eigenvalue weighted by molar-refractivity contribution is 5.98. The molecule has 1 atom stereocenters. The van der Waals surface area contributed by atoms with E-state index in [1.807, 2.05) is 32.6 Å². The maximum Gasteiger partial charge on any atom is 0.418 e. The van der Waals surface area contributed by atoms with Crippen molar-refractivity contribution in [2.24, 2.45) is 11.1 Å². The Morgan fingerprint density at radius 1 is 1.32 bits per heavy atom. The second kappa shape index (κ2) is 9.97. The molecule has 2 rings (SSSR count). The molecule has 1 fully saturated rings. The Labute approximate surface area is 180 Å². The number of hydrogen-bond donors (Lipinski definition) is 2. The zero-order chi connectivity index (χ0) is 23.4. The predicted molar refractivity (Wildman–Crippen MR) is 113 cm³/mol. The number of anilines is 2. The zero-order valence-electron chi connectivity index (χ0n) is 18.4. The largest absolute Gasteiger partial charge is 0.418 e. The van der Waals surface area contributed by atoms with Crippen LogP contribution in [0.25, 0.3) is 0 Å². The van der Waals surface area contributed by atoms with E-state index in [-0.39, 0.29) is 43.1 Å². The van der Waals surface area contributed by atoms with Crippen molar-refractivity contribution in [2.75, 3.05) is 49.6 Å². The Hall–Kier alpha value is -2.17. The van der Waals surface area contributed by atoms with E-state index >= 15 is 0 Å². The normalized spacial score (nSPS) is 16.5. The highest BCUT2D eigenvalue weighted by atomic mass is 19.4. The minimum absolute atomic E-state index is 0.00737. The number of rotatable bonds is 7. The number of nitrogens with two attached hydrogens (primary N) is 1. The topological polar surface area (TPSA) is 87.9 Å². The molecule has 0 radical (unpaired) electrons. The van der Waals surface area contributed by atoms with Crippen LogP contribution in [-0.4, -0.2) is 62.1 Å². The molecule has 0 unspecified atom stereocenters. The monoisotopic (exact) mass is 444 g/mol. The van der Waals surface area contributed by atoms with Gasteiger partial charge in [-0.1, -0.05) is 27.7 Å². The lowest BCUT2D eigenvalue weighted by Crippen LogP contribution is -2.51. The molecule has 0 spiro atoms. The van der Waals surface area contributed by atoms with E-state index in [2.05, 4.69) is 5.32 Å². The number of nitrogens with zero attached hydrogens (tertiary/aromatic N) is 2. The van der Waals surface area contributed by atoms with Gasteiger partial charge in [0.1, 0.15) is 12.6 Å². The third-order valence-corrected chi connectivity index (χ3v) is 4.90. The summed E-state index contributed by atoms with van der Waals surface area (Å²) in [5, 5.41) is 2.56. The summed E-state index contributed by atoms with van der Waals surface area (Å²) in [6, 6.07) is 2.73. The van der Waals surface area contributed by atoms with Gasteiger partial charge in [-0.05, 0) is 30.2 Å². The van der Waals surface area contributed by atoms with Gasteiger partial charge in [-0.25, -0.2) is 0 Å². The standard InChI is InChI=1S/C21H31F3N4O3/c1-5-27(13-20(2,3)4)17(11-25)19(30)26-14-6-7-16(15(10-14)21(22,23)24)28-8-9-31-12-18(28)29/h6-7,10,17H,5,8-9,11-13,25H2,1-4H3,(H,26,30)/t17-/m1/s1. The first-order chi connectivity index (χ1) is 14.4. The molecular weight excluding hydrogens is 413 g/mol. The molecule has 0 saturated carbocycles. The lowest BCUT2D eigenvalue weighted by molar-refractivity contribution is -0.137. The predicted octanol–water partition coefficient (Wildman–Crippen LogP) is 2.70. The van der Waals surface area contributed by atoms with Gasteiger partial charge < -0.3 is 20.7 Å². The highest BCUT2D eigenvalue weighted by Crippen LogP contribution is 2.38. The van der Waals surface area contributed by atoms with Crippen molar-refractivity contribution < 1.29 is 27.5 Å². The fraction of sp³-hybridized carbons (Fsp3) is 0.619. The first-order valence-electron chi connectivity index (χ1n) is 10.2. The SMILES string of the molecule is CCN(CC(C)(C)C)[C@H](CN)C(=O)Nc1ccc(N2CCOCC2=O)c(C(F)(F)F)c1. The summed E-state index contributed by atoms with van der Waals surface area (Å²) in [5.41, 5.74) is 4.48. The van der Waals surface area contributed by atoms with Gasteiger partial charge in [0.25, 0.3) is 5.91 Å². The van der Waals surface area contributed by atoms with Crippen LogP contribution in [0.1, 0.15) is 33.3 Å². The van der Waals surface area contributed by atoms with Crippen molar-refractivity contribution in [3.05, 3.63) is 23.8 Å². The van der Waals surface area contributed by atoms with Crippen molar-refractivity contribution in [3.8, 4) is 0 Å². The van der Waals surface area contributed by atoms with Crippen LogP contribution in [-0.2, 0) is 20.5 Å². The van der Waals surface area contributed by atoms with Gasteiger partial charge in [-0.3, -0.25) is 14.5 Å². The Balaban J connectivity index is 2.30. The lowest BCUT2D eigenvalue weighted by Gasteiger charge is -2.34. The number of carbonyl (C=O) groups excluding carboxylic acids is 2. The van der Waals surface area contributed by atoms with Crippen molar-refractivity contribution >= 4 is 23.2 Å². The fourth-order valence-electron chi connectivity index (χ4n) is 3.55. The summed E-state index contributed by atoms with van der Waals surface area (Å²) >= 11 is 0. The summed E-state index contributed by atoms with van der Waals surface area (Å²) in [4.78, 5) is 27.8. The van der Waals surface area contributed by atoms with Crippen LogP contribution < -0.4 is 16.0 Å². The summed E-state index contributed by atoms with van der Waals surface area (Å²) in [6.07, 6.45) is -4.70. The number of ether oxygens (including phenoxy) is 1. The molecule has 1 aliphatic heterocycles. The fourth-order valence-corrected chi connectivity index (χ4v) is 3.55. The summed E-state index contributed by atoms with van der Waals surface area (Å²) in [7, 11) is 0. The van der Waals surface area contributed by atoms with E-state index < -0.39 is 29.6 Å². The van der Waals surface area contributed by atoms with Crippen molar-refractivity contribution in [1.82, 2.24) is 4.90 Å². The summed E-state index contributed by atoms with van der Waals surface area (Å²) in [6.45, 7) is 9.10. The zero-order valence-corrected chi connectivity index (χ0v) is 18.4. The van der Waals surface area contributed by atoms with Gasteiger partial charge >= 0.3 is 6.18 Å². The van der Waals surface area contributed by atoms with Gasteiger partial charge in [0, 0.05) is 25.3 Å². The number of morpholine rings is 1. The van der Waals surface area contributed by atoms with Gasteiger partial charge in [-0.15, -0.1) is 0 Å². The van der Waals surface area contributed by atoms with Gasteiger partial charge in [-0.2, -0.15) is 13.2 Å². The number of alkyl halides is 3. The Morgan fingerprint density at radius 3 is 2.52 bits per heavy atom. The average Bonchev–Trinajstić information content (AvgIpc) is 2.66. The molecule has 10 heteroatoms. The highest BCUT2D eigenvalue weighted by Gasteiger charge is 2.37. The molecule has 3 N–H and O–H groups in total. The molecule has 0 aromatic heterocycles. The molecular formula is C21H31F3N4O3. The third-order valence-electron chi connectivity index (χ3n) is 4.90. The van der Waals surface area contributed by atoms with E-state index in [0.29, 0.717) is 13.1 Å². The molecule has 0 aliphatic carbocycles. The van der Waals surface area contributed by atoms with Crippen LogP contribution in [0.2, 0.25) is 0 Å². The quantitative estimate of drug-likeness (QED) is 0.675. The van der Waals surface area contributed by atoms with Crippen molar-refractivity contribution in [2.45, 2.75) is 39.9 Å². The first-order valence-corrected chi connectivity index (χ1v) is 10.2. The lowest BCUT2D eigenvalue weighted by atomic mass is 9.95. The maximum absolute atomic E-state index is 13.7. The van der Waals surface area contributed by atoms with Gasteiger partial charge in [0.15, 0.2) is 0 Å². The number of halogens is 3. The number of benzene rings is 1. The molecule has 7 nitrogen and oxygen atoms in total. The van der Waals surface area contributed by atoms with Crippen LogP contribution >= 0.6 is 0 Å². The van der Waals surface area contributed by atoms with E-state index in [9.17, 15) is 22.8 Å². The van der Waals surface area contributed by atoms with Crippen LogP contribution in [0.3, 0.4) is 0 Å². The molecule has 1 aromatic carbocycles. The Bertz CT molecular complexity index is 793. The van der Waals surface area contributed by atoms with Crippen LogP contribution in [0, 0.1) is 5.41 Å². The summed E-state index contributed by atoms with van der Waals surface area (Å²) in [5.74, 6) is -1.02. The third kappa shape index (κ3) is 6.65. The smallest absolute Gasteiger partial charge is 0.370 e. The second-order valence-corrected chi connectivity index (χ2v) is 8.69. The molecule has 31 heavy (non-hydrogen) atoms. The molecule has 1 heterocycles. The van der Waals surface area contributed by atoms with E-state index in [0.717, 1.165) is 11.0 Å². The Morgan fingerprint density at radius 2 is 2.00 bits per heavy atom. The van der Waals surface area contributed by atoms with Crippen LogP contribution in [0.15, 0.2) is 18.2 Å². The number of amides is 2. The van der Waals surface area contributed by atoms with E-state index in [1.54, 1.807) is 0 Å². The molecule has 1 aromatic rings. The van der Waals surface area contributed by atoms with E-state index in [4.69, 9.17) is 10.5 Å². The van der Waals surface area contributed by atoms with E-state index in [1.165, 1.54) is 12.1 Å². The second-order valence-electron chi connectivity index (χ2n) is 8.69. The Kier molecular flexibility index (Phi) is 8.07. The molecule has 1 saturated heterocycles. The molecule has 1 aliphatic rings. The minimum atomic E-state index is -4.70. The maximum atomic E-state index is 13.7. The van der Waals surface area contributed by atoms with Crippen molar-refractivity contribution in [1.29, 1.82) is 0 Å². The first kappa shape index (κ1) is 25.1. The molecule has 0 bridgehead atoms. The average molecular weight is 444 g/mol. The summed E-state index contributed by atoms with van der Waals surface area (Å²) < 4.78 is 46.2.